The molecule has 1 heterocycles. The van der Waals surface area contributed by atoms with Gasteiger partial charge in [0.25, 0.3) is 5.91 Å². The molecule has 0 aliphatic heterocycles. The SMILES string of the molecule is O=C(NCCc1nc(-c2ccccc2Cl)no1)c1ccc(Cl)cc1. The van der Waals surface area contributed by atoms with Gasteiger partial charge >= 0.3 is 0 Å². The second-order valence-corrected chi connectivity index (χ2v) is 5.85. The molecule has 0 saturated carbocycles. The highest BCUT2D eigenvalue weighted by Crippen LogP contribution is 2.24. The average molecular weight is 362 g/mol. The average Bonchev–Trinajstić information content (AvgIpc) is 3.04. The van der Waals surface area contributed by atoms with Crippen LogP contribution in [-0.4, -0.2) is 22.6 Å². The van der Waals surface area contributed by atoms with Crippen molar-refractivity contribution in [3.63, 3.8) is 0 Å². The maximum absolute atomic E-state index is 12.0. The van der Waals surface area contributed by atoms with Crippen molar-refractivity contribution < 1.29 is 9.32 Å². The summed E-state index contributed by atoms with van der Waals surface area (Å²) >= 11 is 11.9. The third kappa shape index (κ3) is 3.93. The quantitative estimate of drug-likeness (QED) is 0.745. The minimum atomic E-state index is -0.183. The van der Waals surface area contributed by atoms with Crippen molar-refractivity contribution in [2.24, 2.45) is 0 Å². The highest BCUT2D eigenvalue weighted by molar-refractivity contribution is 6.33. The van der Waals surface area contributed by atoms with E-state index in [1.165, 1.54) is 0 Å². The van der Waals surface area contributed by atoms with Crippen LogP contribution in [-0.2, 0) is 6.42 Å². The van der Waals surface area contributed by atoms with Gasteiger partial charge in [-0.3, -0.25) is 4.79 Å². The van der Waals surface area contributed by atoms with Gasteiger partial charge in [0.15, 0.2) is 0 Å². The molecule has 3 rings (SSSR count). The molecule has 1 N–H and O–H groups in total. The molecule has 0 saturated heterocycles. The van der Waals surface area contributed by atoms with Crippen molar-refractivity contribution in [2.75, 3.05) is 6.54 Å². The van der Waals surface area contributed by atoms with Gasteiger partial charge < -0.3 is 9.84 Å². The summed E-state index contributed by atoms with van der Waals surface area (Å²) in [7, 11) is 0. The largest absolute Gasteiger partial charge is 0.352 e. The van der Waals surface area contributed by atoms with Gasteiger partial charge in [0.05, 0.1) is 5.02 Å². The molecule has 1 amide bonds. The molecule has 0 unspecified atom stereocenters. The van der Waals surface area contributed by atoms with Crippen LogP contribution in [0.1, 0.15) is 16.2 Å². The van der Waals surface area contributed by atoms with E-state index in [-0.39, 0.29) is 5.91 Å². The van der Waals surface area contributed by atoms with E-state index in [9.17, 15) is 4.79 Å². The van der Waals surface area contributed by atoms with Crippen molar-refractivity contribution in [3.8, 4) is 11.4 Å². The summed E-state index contributed by atoms with van der Waals surface area (Å²) in [6.45, 7) is 0.381. The van der Waals surface area contributed by atoms with Crippen LogP contribution >= 0.6 is 23.2 Å². The number of carbonyl (C=O) groups excluding carboxylic acids is 1. The van der Waals surface area contributed by atoms with Crippen LogP contribution in [0.5, 0.6) is 0 Å². The lowest BCUT2D eigenvalue weighted by Gasteiger charge is -2.03. The van der Waals surface area contributed by atoms with Crippen molar-refractivity contribution in [1.29, 1.82) is 0 Å². The summed E-state index contributed by atoms with van der Waals surface area (Å²) in [6, 6.07) is 13.9. The molecule has 0 fully saturated rings. The highest BCUT2D eigenvalue weighted by Gasteiger charge is 2.12. The number of nitrogens with one attached hydrogen (secondary N) is 1. The number of hydrogen-bond acceptors (Lipinski definition) is 4. The van der Waals surface area contributed by atoms with E-state index in [1.807, 2.05) is 18.2 Å². The summed E-state index contributed by atoms with van der Waals surface area (Å²) in [5, 5.41) is 7.85. The Balaban J connectivity index is 1.57. The van der Waals surface area contributed by atoms with E-state index in [2.05, 4.69) is 15.5 Å². The Morgan fingerprint density at radius 2 is 1.83 bits per heavy atom. The van der Waals surface area contributed by atoms with Crippen LogP contribution in [0.3, 0.4) is 0 Å². The van der Waals surface area contributed by atoms with Crippen LogP contribution in [0, 0.1) is 0 Å². The first kappa shape index (κ1) is 16.5. The summed E-state index contributed by atoms with van der Waals surface area (Å²) in [5.74, 6) is 0.679. The van der Waals surface area contributed by atoms with Crippen molar-refractivity contribution >= 4 is 29.1 Å². The van der Waals surface area contributed by atoms with Gasteiger partial charge in [0, 0.05) is 29.1 Å². The highest BCUT2D eigenvalue weighted by atomic mass is 35.5. The number of benzene rings is 2. The van der Waals surface area contributed by atoms with Crippen LogP contribution in [0.15, 0.2) is 53.1 Å². The third-order valence-electron chi connectivity index (χ3n) is 3.31. The Kier molecular flexibility index (Phi) is 5.13. The number of nitrogens with zero attached hydrogens (tertiary/aromatic N) is 2. The lowest BCUT2D eigenvalue weighted by Crippen LogP contribution is -2.25. The Morgan fingerprint density at radius 1 is 1.08 bits per heavy atom. The fraction of sp³-hybridized carbons (Fsp3) is 0.118. The first-order valence-electron chi connectivity index (χ1n) is 7.25. The minimum absolute atomic E-state index is 0.183. The topological polar surface area (TPSA) is 68.0 Å². The molecule has 0 bridgehead atoms. The first-order valence-corrected chi connectivity index (χ1v) is 8.00. The lowest BCUT2D eigenvalue weighted by molar-refractivity contribution is 0.0953. The minimum Gasteiger partial charge on any atom is -0.352 e. The molecule has 0 aliphatic carbocycles. The number of amides is 1. The van der Waals surface area contributed by atoms with E-state index < -0.39 is 0 Å². The number of hydrogen-bond donors (Lipinski definition) is 1. The van der Waals surface area contributed by atoms with Crippen LogP contribution < -0.4 is 5.32 Å². The van der Waals surface area contributed by atoms with E-state index >= 15 is 0 Å². The van der Waals surface area contributed by atoms with Crippen molar-refractivity contribution in [3.05, 3.63) is 70.0 Å². The fourth-order valence-corrected chi connectivity index (χ4v) is 2.44. The van der Waals surface area contributed by atoms with Gasteiger partial charge in [0.1, 0.15) is 0 Å². The van der Waals surface area contributed by atoms with E-state index in [0.29, 0.717) is 45.9 Å². The molecular weight excluding hydrogens is 349 g/mol. The number of halogens is 2. The lowest BCUT2D eigenvalue weighted by atomic mass is 10.2. The molecule has 5 nitrogen and oxygen atoms in total. The molecule has 1 aromatic heterocycles. The van der Waals surface area contributed by atoms with Crippen LogP contribution in [0.4, 0.5) is 0 Å². The van der Waals surface area contributed by atoms with Gasteiger partial charge in [-0.05, 0) is 36.4 Å². The summed E-state index contributed by atoms with van der Waals surface area (Å²) in [5.41, 5.74) is 1.25. The molecule has 0 spiro atoms. The van der Waals surface area contributed by atoms with E-state index in [0.717, 1.165) is 0 Å². The van der Waals surface area contributed by atoms with Crippen LogP contribution in [0.25, 0.3) is 11.4 Å². The molecule has 122 valence electrons. The van der Waals surface area contributed by atoms with Crippen molar-refractivity contribution in [2.45, 2.75) is 6.42 Å². The van der Waals surface area contributed by atoms with Gasteiger partial charge in [-0.25, -0.2) is 0 Å². The monoisotopic (exact) mass is 361 g/mol. The zero-order valence-corrected chi connectivity index (χ0v) is 14.0. The van der Waals surface area contributed by atoms with Gasteiger partial charge in [-0.2, -0.15) is 4.98 Å². The zero-order chi connectivity index (χ0) is 16.9. The molecule has 0 radical (unpaired) electrons. The van der Waals surface area contributed by atoms with Gasteiger partial charge in [0.2, 0.25) is 11.7 Å². The molecule has 0 aliphatic rings. The maximum atomic E-state index is 12.0. The Morgan fingerprint density at radius 3 is 2.58 bits per heavy atom. The number of aromatic nitrogens is 2. The van der Waals surface area contributed by atoms with Gasteiger partial charge in [-0.1, -0.05) is 40.5 Å². The second kappa shape index (κ2) is 7.47. The first-order chi connectivity index (χ1) is 11.6. The fourth-order valence-electron chi connectivity index (χ4n) is 2.09. The molecule has 0 atom stereocenters. The molecule has 2 aromatic carbocycles. The Bertz CT molecular complexity index is 847. The van der Waals surface area contributed by atoms with Gasteiger partial charge in [-0.15, -0.1) is 0 Å². The zero-order valence-electron chi connectivity index (χ0n) is 12.5. The predicted molar refractivity (Wildman–Crippen MR) is 92.2 cm³/mol. The van der Waals surface area contributed by atoms with E-state index in [4.69, 9.17) is 27.7 Å². The summed E-state index contributed by atoms with van der Waals surface area (Å²) < 4.78 is 5.19. The predicted octanol–water partition coefficient (Wildman–Crippen LogP) is 4.02. The summed E-state index contributed by atoms with van der Waals surface area (Å²) in [4.78, 5) is 16.3. The van der Waals surface area contributed by atoms with Crippen LogP contribution in [0.2, 0.25) is 10.0 Å². The number of carbonyl (C=O) groups is 1. The molecule has 7 heteroatoms. The smallest absolute Gasteiger partial charge is 0.251 e. The summed E-state index contributed by atoms with van der Waals surface area (Å²) in [6.07, 6.45) is 0.427. The Labute approximate surface area is 148 Å². The normalized spacial score (nSPS) is 10.6. The molecule has 3 aromatic rings. The second-order valence-electron chi connectivity index (χ2n) is 5.00. The molecule has 24 heavy (non-hydrogen) atoms. The standard InChI is InChI=1S/C17H13Cl2N3O2/c18-12-7-5-11(6-8-12)17(23)20-10-9-15-21-16(22-24-15)13-3-1-2-4-14(13)19/h1-8H,9-10H2,(H,20,23). The Hall–Kier alpha value is -2.37. The van der Waals surface area contributed by atoms with E-state index in [1.54, 1.807) is 30.3 Å². The maximum Gasteiger partial charge on any atom is 0.251 e. The number of rotatable bonds is 5. The third-order valence-corrected chi connectivity index (χ3v) is 3.90. The molecular formula is C17H13Cl2N3O2. The van der Waals surface area contributed by atoms with Crippen molar-refractivity contribution in [1.82, 2.24) is 15.5 Å².